The molecule has 0 atom stereocenters. The number of carbonyl (C=O) groups excluding carboxylic acids is 1. The monoisotopic (exact) mass is 375 g/mol. The van der Waals surface area contributed by atoms with Crippen molar-refractivity contribution in [3.05, 3.63) is 57.5 Å². The molecule has 25 heavy (non-hydrogen) atoms. The van der Waals surface area contributed by atoms with Crippen LogP contribution in [-0.2, 0) is 23.5 Å². The molecule has 0 saturated heterocycles. The molecule has 0 radical (unpaired) electrons. The highest BCUT2D eigenvalue weighted by Crippen LogP contribution is 2.20. The van der Waals surface area contributed by atoms with Gasteiger partial charge in [-0.15, -0.1) is 0 Å². The fraction of sp³-hybridized carbons (Fsp3) is 0.389. The first kappa shape index (κ1) is 18.1. The number of amides is 1. The van der Waals surface area contributed by atoms with Gasteiger partial charge in [0.25, 0.3) is 5.56 Å². The molecule has 1 aromatic heterocycles. The van der Waals surface area contributed by atoms with Crippen molar-refractivity contribution in [2.24, 2.45) is 0 Å². The number of carbonyl (C=O) groups is 1. The van der Waals surface area contributed by atoms with Gasteiger partial charge in [0.1, 0.15) is 0 Å². The number of H-pyrrole nitrogens is 1. The summed E-state index contributed by atoms with van der Waals surface area (Å²) in [5.41, 5.74) is 3.14. The van der Waals surface area contributed by atoms with Crippen LogP contribution in [0.25, 0.3) is 0 Å². The zero-order valence-corrected chi connectivity index (χ0v) is 15.8. The summed E-state index contributed by atoms with van der Waals surface area (Å²) in [5, 5.41) is 0.518. The van der Waals surface area contributed by atoms with E-state index in [4.69, 9.17) is 0 Å². The molecule has 5 nitrogen and oxygen atoms in total. The molecule has 2 aromatic rings. The number of hydrogen-bond acceptors (Lipinski definition) is 5. The second-order valence-corrected chi connectivity index (χ2v) is 8.04. The summed E-state index contributed by atoms with van der Waals surface area (Å²) in [6, 6.07) is 9.78. The summed E-state index contributed by atoms with van der Waals surface area (Å²) in [6.45, 7) is 3.48. The summed E-state index contributed by atoms with van der Waals surface area (Å²) < 4.78 is 0. The maximum Gasteiger partial charge on any atom is 0.251 e. The van der Waals surface area contributed by atoms with Crippen LogP contribution in [0.5, 0.6) is 0 Å². The molecule has 7 heteroatoms. The third kappa shape index (κ3) is 4.89. The minimum absolute atomic E-state index is 0.0792. The Morgan fingerprint density at radius 2 is 2.12 bits per heavy atom. The van der Waals surface area contributed by atoms with Crippen LogP contribution in [-0.4, -0.2) is 38.8 Å². The molecule has 1 aliphatic rings. The van der Waals surface area contributed by atoms with Gasteiger partial charge in [0, 0.05) is 24.9 Å². The molecule has 0 fully saturated rings. The Labute approximate surface area is 155 Å². The third-order valence-corrected chi connectivity index (χ3v) is 5.81. The molecule has 1 aromatic carbocycles. The molecule has 0 spiro atoms. The number of aromatic nitrogens is 2. The minimum Gasteiger partial charge on any atom is -0.337 e. The SMILES string of the molecule is CCSCc1cc(=O)[nH]c(SCC(=O)N2CCc3ccccc3C2)n1. The van der Waals surface area contributed by atoms with E-state index in [1.807, 2.05) is 17.0 Å². The number of rotatable bonds is 6. The van der Waals surface area contributed by atoms with Gasteiger partial charge in [0.05, 0.1) is 11.4 Å². The Hall–Kier alpha value is -1.73. The highest BCUT2D eigenvalue weighted by atomic mass is 32.2. The van der Waals surface area contributed by atoms with Crippen LogP contribution >= 0.6 is 23.5 Å². The Morgan fingerprint density at radius 3 is 2.92 bits per heavy atom. The smallest absolute Gasteiger partial charge is 0.251 e. The highest BCUT2D eigenvalue weighted by molar-refractivity contribution is 7.99. The van der Waals surface area contributed by atoms with Crippen LogP contribution in [0.4, 0.5) is 0 Å². The van der Waals surface area contributed by atoms with Gasteiger partial charge in [-0.3, -0.25) is 9.59 Å². The van der Waals surface area contributed by atoms with Gasteiger partial charge >= 0.3 is 0 Å². The molecule has 3 rings (SSSR count). The van der Waals surface area contributed by atoms with Gasteiger partial charge in [0.15, 0.2) is 5.16 Å². The standard InChI is InChI=1S/C18H21N3O2S2/c1-2-24-11-15-9-16(22)20-18(19-15)25-12-17(23)21-8-7-13-5-3-4-6-14(13)10-21/h3-6,9H,2,7-8,10-12H2,1H3,(H,19,20,22). The first-order valence-electron chi connectivity index (χ1n) is 8.31. The first-order valence-corrected chi connectivity index (χ1v) is 10.4. The topological polar surface area (TPSA) is 66.1 Å². The van der Waals surface area contributed by atoms with Gasteiger partial charge in [0.2, 0.25) is 5.91 Å². The number of nitrogens with zero attached hydrogens (tertiary/aromatic N) is 2. The van der Waals surface area contributed by atoms with Crippen molar-refractivity contribution in [2.75, 3.05) is 18.1 Å². The van der Waals surface area contributed by atoms with E-state index in [1.165, 1.54) is 29.0 Å². The predicted molar refractivity (Wildman–Crippen MR) is 103 cm³/mol. The maximum atomic E-state index is 12.5. The lowest BCUT2D eigenvalue weighted by Gasteiger charge is -2.28. The number of nitrogens with one attached hydrogen (secondary N) is 1. The molecule has 132 valence electrons. The Morgan fingerprint density at radius 1 is 1.32 bits per heavy atom. The molecular formula is C18H21N3O2S2. The van der Waals surface area contributed by atoms with Crippen molar-refractivity contribution in [3.8, 4) is 0 Å². The van der Waals surface area contributed by atoms with E-state index in [9.17, 15) is 9.59 Å². The van der Waals surface area contributed by atoms with Crippen LogP contribution in [0.1, 0.15) is 23.7 Å². The van der Waals surface area contributed by atoms with E-state index in [-0.39, 0.29) is 17.2 Å². The van der Waals surface area contributed by atoms with E-state index in [2.05, 4.69) is 29.0 Å². The molecule has 1 N–H and O–H groups in total. The number of hydrogen-bond donors (Lipinski definition) is 1. The van der Waals surface area contributed by atoms with E-state index in [0.717, 1.165) is 24.4 Å². The van der Waals surface area contributed by atoms with Crippen molar-refractivity contribution < 1.29 is 4.79 Å². The quantitative estimate of drug-likeness (QED) is 0.621. The number of thioether (sulfide) groups is 2. The fourth-order valence-corrected chi connectivity index (χ4v) is 4.12. The van der Waals surface area contributed by atoms with Crippen molar-refractivity contribution in [1.82, 2.24) is 14.9 Å². The van der Waals surface area contributed by atoms with E-state index >= 15 is 0 Å². The van der Waals surface area contributed by atoms with Crippen LogP contribution < -0.4 is 5.56 Å². The lowest BCUT2D eigenvalue weighted by Crippen LogP contribution is -2.37. The highest BCUT2D eigenvalue weighted by Gasteiger charge is 2.20. The second-order valence-electron chi connectivity index (χ2n) is 5.80. The summed E-state index contributed by atoms with van der Waals surface area (Å²) >= 11 is 3.02. The predicted octanol–water partition coefficient (Wildman–Crippen LogP) is 2.70. The van der Waals surface area contributed by atoms with Crippen molar-refractivity contribution in [3.63, 3.8) is 0 Å². The van der Waals surface area contributed by atoms with Gasteiger partial charge in [-0.25, -0.2) is 4.98 Å². The van der Waals surface area contributed by atoms with E-state index in [1.54, 1.807) is 11.8 Å². The molecule has 0 bridgehead atoms. The van der Waals surface area contributed by atoms with Crippen LogP contribution in [0.3, 0.4) is 0 Å². The molecule has 0 aliphatic carbocycles. The van der Waals surface area contributed by atoms with Gasteiger partial charge in [-0.1, -0.05) is 43.0 Å². The van der Waals surface area contributed by atoms with Crippen LogP contribution in [0.2, 0.25) is 0 Å². The van der Waals surface area contributed by atoms with E-state index in [0.29, 0.717) is 17.5 Å². The van der Waals surface area contributed by atoms with Gasteiger partial charge < -0.3 is 9.88 Å². The third-order valence-electron chi connectivity index (χ3n) is 4.04. The first-order chi connectivity index (χ1) is 12.2. The number of fused-ring (bicyclic) bond motifs is 1. The molecule has 0 saturated carbocycles. The van der Waals surface area contributed by atoms with Crippen molar-refractivity contribution in [2.45, 2.75) is 30.8 Å². The Balaban J connectivity index is 1.59. The van der Waals surface area contributed by atoms with Gasteiger partial charge in [-0.2, -0.15) is 11.8 Å². The van der Waals surface area contributed by atoms with Crippen LogP contribution in [0.15, 0.2) is 40.3 Å². The summed E-state index contributed by atoms with van der Waals surface area (Å²) in [5.74, 6) is 2.06. The summed E-state index contributed by atoms with van der Waals surface area (Å²) in [7, 11) is 0. The fourth-order valence-electron chi connectivity index (χ4n) is 2.76. The molecule has 2 heterocycles. The average molecular weight is 376 g/mol. The number of benzene rings is 1. The van der Waals surface area contributed by atoms with Crippen LogP contribution in [0, 0.1) is 0 Å². The molecular weight excluding hydrogens is 354 g/mol. The lowest BCUT2D eigenvalue weighted by atomic mass is 10.00. The summed E-state index contributed by atoms with van der Waals surface area (Å²) in [4.78, 5) is 33.3. The molecule has 0 unspecified atom stereocenters. The Kier molecular flexibility index (Phi) is 6.20. The lowest BCUT2D eigenvalue weighted by molar-refractivity contribution is -0.129. The summed E-state index contributed by atoms with van der Waals surface area (Å²) in [6.07, 6.45) is 0.894. The molecule has 1 aliphatic heterocycles. The zero-order valence-electron chi connectivity index (χ0n) is 14.2. The second kappa shape index (κ2) is 8.58. The van der Waals surface area contributed by atoms with Crippen molar-refractivity contribution >= 4 is 29.4 Å². The minimum atomic E-state index is -0.163. The van der Waals surface area contributed by atoms with Crippen molar-refractivity contribution in [1.29, 1.82) is 0 Å². The normalized spacial score (nSPS) is 13.6. The molecule has 1 amide bonds. The average Bonchev–Trinajstić information content (AvgIpc) is 2.63. The largest absolute Gasteiger partial charge is 0.337 e. The zero-order chi connectivity index (χ0) is 17.6. The van der Waals surface area contributed by atoms with Gasteiger partial charge in [-0.05, 0) is 23.3 Å². The maximum absolute atomic E-state index is 12.5. The van der Waals surface area contributed by atoms with E-state index < -0.39 is 0 Å². The number of aromatic amines is 1. The Bertz CT molecular complexity index is 807.